The van der Waals surface area contributed by atoms with E-state index in [1.807, 2.05) is 0 Å². The minimum atomic E-state index is -5.11. The van der Waals surface area contributed by atoms with Gasteiger partial charge in [-0.15, -0.1) is 0 Å². The second kappa shape index (κ2) is 6.46. The quantitative estimate of drug-likeness (QED) is 0.779. The summed E-state index contributed by atoms with van der Waals surface area (Å²) in [7, 11) is 2.86. The maximum Gasteiger partial charge on any atom is 0.446 e. The van der Waals surface area contributed by atoms with Crippen molar-refractivity contribution in [3.05, 3.63) is 30.1 Å². The van der Waals surface area contributed by atoms with Gasteiger partial charge in [0, 0.05) is 26.5 Å². The number of aliphatic imine (C=N–C) groups is 2. The van der Waals surface area contributed by atoms with Crippen molar-refractivity contribution in [3.63, 3.8) is 0 Å². The summed E-state index contributed by atoms with van der Waals surface area (Å²) in [6, 6.07) is 2.53. The van der Waals surface area contributed by atoms with Crippen molar-refractivity contribution in [2.24, 2.45) is 9.98 Å². The summed E-state index contributed by atoms with van der Waals surface area (Å²) in [6.07, 6.45) is -2.41. The third-order valence-corrected chi connectivity index (χ3v) is 2.96. The molecule has 0 saturated carbocycles. The lowest BCUT2D eigenvalue weighted by Gasteiger charge is -2.31. The highest BCUT2D eigenvalue weighted by atomic mass is 19.4. The van der Waals surface area contributed by atoms with Crippen molar-refractivity contribution in [2.45, 2.75) is 18.8 Å². The Labute approximate surface area is 135 Å². The van der Waals surface area contributed by atoms with Gasteiger partial charge in [-0.2, -0.15) is 23.2 Å². The fourth-order valence-corrected chi connectivity index (χ4v) is 1.81. The number of pyridine rings is 1. The lowest BCUT2D eigenvalue weighted by atomic mass is 10.1. The molecule has 0 N–H and O–H groups in total. The average Bonchev–Trinajstić information content (AvgIpc) is 2.54. The van der Waals surface area contributed by atoms with E-state index in [0.29, 0.717) is 0 Å². The summed E-state index contributed by atoms with van der Waals surface area (Å²) >= 11 is 0. The number of hydrogen-bond acceptors (Lipinski definition) is 7. The van der Waals surface area contributed by atoms with E-state index in [-0.39, 0.29) is 12.2 Å². The normalized spacial score (nSPS) is 20.6. The molecule has 10 heteroatoms. The molecule has 7 nitrogen and oxygen atoms in total. The van der Waals surface area contributed by atoms with Gasteiger partial charge in [0.05, 0.1) is 12.2 Å². The van der Waals surface area contributed by atoms with Crippen LogP contribution in [0.5, 0.6) is 0 Å². The molecular formula is C14H15F3N4O3. The zero-order valence-corrected chi connectivity index (χ0v) is 13.2. The number of nitrogens with zero attached hydrogens (tertiary/aromatic N) is 4. The number of rotatable bonds is 3. The predicted octanol–water partition coefficient (Wildman–Crippen LogP) is 1.60. The fourth-order valence-electron chi connectivity index (χ4n) is 1.81. The standard InChI is InChI=1S/C14H15F3N4O3/c1-4-23-11(22)13(14(15,16)17)19-10(9-6-5-7-18-8-9)24-12(20-13)21(2)3/h5-8H,4H2,1-3H3. The van der Waals surface area contributed by atoms with Crippen molar-refractivity contribution in [1.29, 1.82) is 0 Å². The Hall–Kier alpha value is -2.65. The number of hydrogen-bond donors (Lipinski definition) is 0. The van der Waals surface area contributed by atoms with Crippen LogP contribution >= 0.6 is 0 Å². The molecule has 0 aliphatic carbocycles. The summed E-state index contributed by atoms with van der Waals surface area (Å²) in [4.78, 5) is 23.9. The third-order valence-electron chi connectivity index (χ3n) is 2.96. The van der Waals surface area contributed by atoms with Gasteiger partial charge in [-0.25, -0.2) is 4.79 Å². The summed E-state index contributed by atoms with van der Waals surface area (Å²) in [5.74, 6) is -2.05. The number of halogens is 3. The van der Waals surface area contributed by atoms with E-state index < -0.39 is 29.7 Å². The van der Waals surface area contributed by atoms with Gasteiger partial charge in [-0.1, -0.05) is 0 Å². The lowest BCUT2D eigenvalue weighted by Crippen LogP contribution is -2.54. The summed E-state index contributed by atoms with van der Waals surface area (Å²) in [6.45, 7) is 1.14. The van der Waals surface area contributed by atoms with E-state index in [1.54, 1.807) is 0 Å². The zero-order chi connectivity index (χ0) is 18.0. The van der Waals surface area contributed by atoms with E-state index in [2.05, 4.69) is 19.7 Å². The van der Waals surface area contributed by atoms with Crippen LogP contribution in [-0.4, -0.2) is 60.3 Å². The van der Waals surface area contributed by atoms with E-state index in [9.17, 15) is 18.0 Å². The molecule has 0 amide bonds. The van der Waals surface area contributed by atoms with Crippen LogP contribution in [0.1, 0.15) is 12.5 Å². The largest absolute Gasteiger partial charge is 0.462 e. The van der Waals surface area contributed by atoms with Crippen molar-refractivity contribution in [3.8, 4) is 0 Å². The average molecular weight is 344 g/mol. The Bertz CT molecular complexity index is 674. The molecular weight excluding hydrogens is 329 g/mol. The summed E-state index contributed by atoms with van der Waals surface area (Å²) < 4.78 is 50.9. The molecule has 0 saturated heterocycles. The molecule has 2 heterocycles. The lowest BCUT2D eigenvalue weighted by molar-refractivity contribution is -0.204. The minimum absolute atomic E-state index is 0.171. The van der Waals surface area contributed by atoms with Crippen LogP contribution in [-0.2, 0) is 14.3 Å². The van der Waals surface area contributed by atoms with Crippen LogP contribution in [0, 0.1) is 0 Å². The van der Waals surface area contributed by atoms with Crippen molar-refractivity contribution >= 4 is 17.9 Å². The van der Waals surface area contributed by atoms with Gasteiger partial charge in [0.15, 0.2) is 0 Å². The molecule has 1 aliphatic heterocycles. The first kappa shape index (κ1) is 17.7. The van der Waals surface area contributed by atoms with Crippen molar-refractivity contribution in [1.82, 2.24) is 9.88 Å². The van der Waals surface area contributed by atoms with Crippen LogP contribution in [0.25, 0.3) is 0 Å². The van der Waals surface area contributed by atoms with Crippen LogP contribution in [0.15, 0.2) is 34.5 Å². The number of aromatic nitrogens is 1. The second-order valence-electron chi connectivity index (χ2n) is 4.94. The van der Waals surface area contributed by atoms with Gasteiger partial charge in [-0.05, 0) is 19.1 Å². The molecule has 1 aromatic heterocycles. The van der Waals surface area contributed by atoms with Crippen molar-refractivity contribution in [2.75, 3.05) is 20.7 Å². The maximum atomic E-state index is 13.7. The monoisotopic (exact) mass is 344 g/mol. The smallest absolute Gasteiger partial charge is 0.446 e. The minimum Gasteiger partial charge on any atom is -0.462 e. The first-order valence-electron chi connectivity index (χ1n) is 6.90. The molecule has 130 valence electrons. The number of amidine groups is 1. The number of esters is 1. The SMILES string of the molecule is CCOC(=O)C1(C(F)(F)F)N=C(c2cccnc2)OC(N(C)C)=N1. The number of carbonyl (C=O) groups excluding carboxylic acids is 1. The second-order valence-corrected chi connectivity index (χ2v) is 4.94. The first-order valence-corrected chi connectivity index (χ1v) is 6.90. The highest BCUT2D eigenvalue weighted by Gasteiger charge is 2.65. The Morgan fingerprint density at radius 3 is 2.58 bits per heavy atom. The van der Waals surface area contributed by atoms with Crippen LogP contribution in [0.2, 0.25) is 0 Å². The zero-order valence-electron chi connectivity index (χ0n) is 13.2. The molecule has 0 aromatic carbocycles. The number of carbonyl (C=O) groups is 1. The highest BCUT2D eigenvalue weighted by molar-refractivity contribution is 6.05. The van der Waals surface area contributed by atoms with E-state index in [1.165, 1.54) is 50.4 Å². The van der Waals surface area contributed by atoms with Crippen LogP contribution in [0.3, 0.4) is 0 Å². The van der Waals surface area contributed by atoms with Gasteiger partial charge in [0.1, 0.15) is 0 Å². The molecule has 0 fully saturated rings. The molecule has 0 radical (unpaired) electrons. The number of ether oxygens (including phenoxy) is 2. The summed E-state index contributed by atoms with van der Waals surface area (Å²) in [5.41, 5.74) is -3.25. The summed E-state index contributed by atoms with van der Waals surface area (Å²) in [5, 5.41) is 0. The van der Waals surface area contributed by atoms with Gasteiger partial charge in [0.25, 0.3) is 6.02 Å². The molecule has 1 aromatic rings. The van der Waals surface area contributed by atoms with Crippen LogP contribution < -0.4 is 0 Å². The Morgan fingerprint density at radius 1 is 1.38 bits per heavy atom. The Morgan fingerprint density at radius 2 is 2.08 bits per heavy atom. The number of alkyl halides is 3. The fraction of sp³-hybridized carbons (Fsp3) is 0.429. The van der Waals surface area contributed by atoms with Crippen LogP contribution in [0.4, 0.5) is 13.2 Å². The van der Waals surface area contributed by atoms with Gasteiger partial charge >= 0.3 is 17.8 Å². The third kappa shape index (κ3) is 3.17. The van der Waals surface area contributed by atoms with E-state index in [4.69, 9.17) is 4.74 Å². The van der Waals surface area contributed by atoms with Gasteiger partial charge in [0.2, 0.25) is 5.90 Å². The van der Waals surface area contributed by atoms with E-state index in [0.717, 1.165) is 0 Å². The molecule has 24 heavy (non-hydrogen) atoms. The maximum absolute atomic E-state index is 13.7. The van der Waals surface area contributed by atoms with Crippen molar-refractivity contribution < 1.29 is 27.4 Å². The van der Waals surface area contributed by atoms with Gasteiger partial charge < -0.3 is 14.4 Å². The highest BCUT2D eigenvalue weighted by Crippen LogP contribution is 2.39. The van der Waals surface area contributed by atoms with Gasteiger partial charge in [-0.3, -0.25) is 4.98 Å². The molecule has 2 rings (SSSR count). The Kier molecular flexibility index (Phi) is 4.76. The molecule has 1 unspecified atom stereocenters. The Balaban J connectivity index is 2.65. The molecule has 0 bridgehead atoms. The van der Waals surface area contributed by atoms with E-state index >= 15 is 0 Å². The topological polar surface area (TPSA) is 76.4 Å². The predicted molar refractivity (Wildman–Crippen MR) is 78.4 cm³/mol. The molecule has 1 aliphatic rings. The molecule has 0 spiro atoms. The first-order chi connectivity index (χ1) is 11.2. The molecule has 1 atom stereocenters.